The van der Waals surface area contributed by atoms with Crippen LogP contribution in [0.25, 0.3) is 0 Å². The summed E-state index contributed by atoms with van der Waals surface area (Å²) in [7, 11) is -2.43. The summed E-state index contributed by atoms with van der Waals surface area (Å²) in [5, 5.41) is 0.324. The van der Waals surface area contributed by atoms with Gasteiger partial charge in [-0.25, -0.2) is 8.42 Å². The molecule has 0 aromatic heterocycles. The van der Waals surface area contributed by atoms with E-state index in [0.29, 0.717) is 23.9 Å². The Kier molecular flexibility index (Phi) is 5.60. The van der Waals surface area contributed by atoms with Crippen LogP contribution in [-0.2, 0) is 14.8 Å². The van der Waals surface area contributed by atoms with Gasteiger partial charge < -0.3 is 14.4 Å². The molecule has 8 heteroatoms. The second kappa shape index (κ2) is 7.73. The molecule has 0 spiro atoms. The molecule has 6 nitrogen and oxygen atoms in total. The highest BCUT2D eigenvalue weighted by atomic mass is 35.5. The molecular formula is C18H21ClN2O4S. The highest BCUT2D eigenvalue weighted by molar-refractivity contribution is 7.92. The van der Waals surface area contributed by atoms with E-state index in [2.05, 4.69) is 9.62 Å². The second-order valence-corrected chi connectivity index (χ2v) is 8.09. The summed E-state index contributed by atoms with van der Waals surface area (Å²) in [5.74, 6) is 0.240. The lowest BCUT2D eigenvalue weighted by molar-refractivity contribution is 0.122. The topological polar surface area (TPSA) is 67.9 Å². The summed E-state index contributed by atoms with van der Waals surface area (Å²) < 4.78 is 39.0. The number of aryl methyl sites for hydroxylation is 1. The highest BCUT2D eigenvalue weighted by Crippen LogP contribution is 2.31. The van der Waals surface area contributed by atoms with Gasteiger partial charge in [0.25, 0.3) is 10.0 Å². The van der Waals surface area contributed by atoms with Crippen LogP contribution in [0.1, 0.15) is 5.56 Å². The molecule has 1 aliphatic heterocycles. The lowest BCUT2D eigenvalue weighted by atomic mass is 10.1. The molecule has 1 N–H and O–H groups in total. The number of rotatable bonds is 5. The largest absolute Gasteiger partial charge is 0.495 e. The summed E-state index contributed by atoms with van der Waals surface area (Å²) >= 11 is 5.97. The Morgan fingerprint density at radius 3 is 2.58 bits per heavy atom. The molecule has 2 aromatic carbocycles. The van der Waals surface area contributed by atoms with Crippen molar-refractivity contribution in [2.24, 2.45) is 0 Å². The molecule has 0 radical (unpaired) electrons. The van der Waals surface area contributed by atoms with Crippen molar-refractivity contribution in [3.8, 4) is 5.75 Å². The zero-order valence-corrected chi connectivity index (χ0v) is 16.2. The summed E-state index contributed by atoms with van der Waals surface area (Å²) in [5.41, 5.74) is 2.30. The van der Waals surface area contributed by atoms with Gasteiger partial charge in [-0.1, -0.05) is 17.7 Å². The Bertz CT molecular complexity index is 896. The normalized spacial score (nSPS) is 15.0. The number of hydrogen-bond donors (Lipinski definition) is 1. The van der Waals surface area contributed by atoms with E-state index in [1.165, 1.54) is 19.2 Å². The van der Waals surface area contributed by atoms with Crippen molar-refractivity contribution < 1.29 is 17.9 Å². The summed E-state index contributed by atoms with van der Waals surface area (Å²) in [6, 6.07) is 10.2. The molecular weight excluding hydrogens is 376 g/mol. The van der Waals surface area contributed by atoms with E-state index in [4.69, 9.17) is 21.1 Å². The van der Waals surface area contributed by atoms with Crippen LogP contribution >= 0.6 is 11.6 Å². The average molecular weight is 397 g/mol. The average Bonchev–Trinajstić information content (AvgIpc) is 2.64. The fraction of sp³-hybridized carbons (Fsp3) is 0.333. The number of anilines is 2. The van der Waals surface area contributed by atoms with Crippen LogP contribution in [0.15, 0.2) is 41.3 Å². The molecule has 3 rings (SSSR count). The van der Waals surface area contributed by atoms with Crippen molar-refractivity contribution in [1.82, 2.24) is 0 Å². The first-order valence-corrected chi connectivity index (χ1v) is 10.1. The van der Waals surface area contributed by atoms with Gasteiger partial charge in [0.1, 0.15) is 10.6 Å². The number of sulfonamides is 1. The third-order valence-electron chi connectivity index (χ3n) is 4.26. The SMILES string of the molecule is COc1ccc(Cl)cc1S(=O)(=O)Nc1cc(N2CCOCC2)ccc1C. The highest BCUT2D eigenvalue weighted by Gasteiger charge is 2.22. The van der Waals surface area contributed by atoms with Crippen LogP contribution in [0, 0.1) is 6.92 Å². The second-order valence-electron chi connectivity index (χ2n) is 6.00. The van der Waals surface area contributed by atoms with Crippen LogP contribution < -0.4 is 14.4 Å². The number of halogens is 1. The Labute approximate surface area is 158 Å². The molecule has 1 saturated heterocycles. The molecule has 1 aliphatic rings. The van der Waals surface area contributed by atoms with Gasteiger partial charge in [-0.3, -0.25) is 4.72 Å². The zero-order chi connectivity index (χ0) is 18.7. The molecule has 0 aliphatic carbocycles. The van der Waals surface area contributed by atoms with Gasteiger partial charge in [0, 0.05) is 23.8 Å². The molecule has 0 saturated carbocycles. The zero-order valence-electron chi connectivity index (χ0n) is 14.7. The Morgan fingerprint density at radius 1 is 1.15 bits per heavy atom. The van der Waals surface area contributed by atoms with Gasteiger partial charge in [-0.15, -0.1) is 0 Å². The van der Waals surface area contributed by atoms with E-state index < -0.39 is 10.0 Å². The van der Waals surface area contributed by atoms with Gasteiger partial charge in [0.05, 0.1) is 26.0 Å². The van der Waals surface area contributed by atoms with Crippen molar-refractivity contribution in [2.45, 2.75) is 11.8 Å². The molecule has 26 heavy (non-hydrogen) atoms. The van der Waals surface area contributed by atoms with Crippen molar-refractivity contribution in [2.75, 3.05) is 43.0 Å². The maximum atomic E-state index is 12.9. The third-order valence-corrected chi connectivity index (χ3v) is 5.88. The van der Waals surface area contributed by atoms with Gasteiger partial charge in [0.15, 0.2) is 0 Å². The molecule has 0 amide bonds. The minimum Gasteiger partial charge on any atom is -0.495 e. The van der Waals surface area contributed by atoms with Crippen molar-refractivity contribution in [1.29, 1.82) is 0 Å². The number of nitrogens with one attached hydrogen (secondary N) is 1. The fourth-order valence-electron chi connectivity index (χ4n) is 2.80. The summed E-state index contributed by atoms with van der Waals surface area (Å²) in [6.45, 7) is 4.73. The number of methoxy groups -OCH3 is 1. The minimum atomic E-state index is -3.85. The first kappa shape index (κ1) is 18.8. The van der Waals surface area contributed by atoms with E-state index in [1.54, 1.807) is 6.07 Å². The number of ether oxygens (including phenoxy) is 2. The number of benzene rings is 2. The maximum absolute atomic E-state index is 12.9. The monoisotopic (exact) mass is 396 g/mol. The van der Waals surface area contributed by atoms with Crippen LogP contribution in [0.2, 0.25) is 5.02 Å². The predicted molar refractivity (Wildman–Crippen MR) is 103 cm³/mol. The molecule has 2 aromatic rings. The molecule has 0 unspecified atom stereocenters. The van der Waals surface area contributed by atoms with Gasteiger partial charge in [-0.2, -0.15) is 0 Å². The Hall–Kier alpha value is -1.96. The Balaban J connectivity index is 1.93. The van der Waals surface area contributed by atoms with Crippen LogP contribution in [0.3, 0.4) is 0 Å². The fourth-order valence-corrected chi connectivity index (χ4v) is 4.35. The van der Waals surface area contributed by atoms with E-state index in [9.17, 15) is 8.42 Å². The van der Waals surface area contributed by atoms with Gasteiger partial charge in [-0.05, 0) is 42.8 Å². The molecule has 1 heterocycles. The Morgan fingerprint density at radius 2 is 1.88 bits per heavy atom. The first-order chi connectivity index (χ1) is 12.4. The van der Waals surface area contributed by atoms with Crippen LogP contribution in [0.5, 0.6) is 5.75 Å². The summed E-state index contributed by atoms with van der Waals surface area (Å²) in [4.78, 5) is 2.17. The van der Waals surface area contributed by atoms with E-state index in [0.717, 1.165) is 24.3 Å². The van der Waals surface area contributed by atoms with Crippen molar-refractivity contribution in [3.63, 3.8) is 0 Å². The van der Waals surface area contributed by atoms with E-state index in [-0.39, 0.29) is 10.6 Å². The third kappa shape index (κ3) is 4.06. The lowest BCUT2D eigenvalue weighted by Gasteiger charge is -2.29. The quantitative estimate of drug-likeness (QED) is 0.839. The number of hydrogen-bond acceptors (Lipinski definition) is 5. The van der Waals surface area contributed by atoms with E-state index >= 15 is 0 Å². The van der Waals surface area contributed by atoms with Crippen molar-refractivity contribution in [3.05, 3.63) is 47.0 Å². The standard InChI is InChI=1S/C18H21ClN2O4S/c1-13-3-5-15(21-7-9-25-10-8-21)12-16(13)20-26(22,23)18-11-14(19)4-6-17(18)24-2/h3-6,11-12,20H,7-10H2,1-2H3. The lowest BCUT2D eigenvalue weighted by Crippen LogP contribution is -2.36. The number of morpholine rings is 1. The van der Waals surface area contributed by atoms with Crippen LogP contribution in [0.4, 0.5) is 11.4 Å². The summed E-state index contributed by atoms with van der Waals surface area (Å²) in [6.07, 6.45) is 0. The van der Waals surface area contributed by atoms with Gasteiger partial charge >= 0.3 is 0 Å². The van der Waals surface area contributed by atoms with Crippen molar-refractivity contribution >= 4 is 33.0 Å². The molecule has 140 valence electrons. The number of nitrogens with zero attached hydrogens (tertiary/aromatic N) is 1. The minimum absolute atomic E-state index is 0.00340. The molecule has 1 fully saturated rings. The maximum Gasteiger partial charge on any atom is 0.265 e. The van der Waals surface area contributed by atoms with Gasteiger partial charge in [0.2, 0.25) is 0 Å². The molecule has 0 atom stereocenters. The smallest absolute Gasteiger partial charge is 0.265 e. The molecule has 0 bridgehead atoms. The first-order valence-electron chi connectivity index (χ1n) is 8.20. The van der Waals surface area contributed by atoms with E-state index in [1.807, 2.05) is 25.1 Å². The van der Waals surface area contributed by atoms with Crippen LogP contribution in [-0.4, -0.2) is 41.8 Å². The predicted octanol–water partition coefficient (Wildman–Crippen LogP) is 3.29.